The molecule has 3 heterocycles. The fourth-order valence-corrected chi connectivity index (χ4v) is 4.01. The number of carbonyl (C=O) groups is 1. The highest BCUT2D eigenvalue weighted by Gasteiger charge is 2.58. The van der Waals surface area contributed by atoms with Gasteiger partial charge in [-0.05, 0) is 32.1 Å². The Morgan fingerprint density at radius 1 is 1.42 bits per heavy atom. The molecule has 3 aromatic rings. The highest BCUT2D eigenvalue weighted by atomic mass is 16.1. The number of hydrogen-bond acceptors (Lipinski definition) is 5. The second-order valence-corrected chi connectivity index (χ2v) is 6.96. The molecule has 2 bridgehead atoms. The minimum Gasteiger partial charge on any atom is -0.383 e. The number of H-pyrrole nitrogens is 1. The van der Waals surface area contributed by atoms with Crippen LogP contribution in [0.4, 0.5) is 11.6 Å². The molecule has 0 unspecified atom stereocenters. The van der Waals surface area contributed by atoms with Crippen LogP contribution in [0.15, 0.2) is 18.6 Å². The van der Waals surface area contributed by atoms with Gasteiger partial charge >= 0.3 is 0 Å². The van der Waals surface area contributed by atoms with E-state index in [4.69, 9.17) is 5.73 Å². The molecule has 0 aromatic carbocycles. The summed E-state index contributed by atoms with van der Waals surface area (Å²) in [5.41, 5.74) is 8.28. The number of fused-ring (bicyclic) bond motifs is 1. The lowest BCUT2D eigenvalue weighted by atomic mass is 9.49. The molecular formula is C16H17N7O. The fourth-order valence-electron chi connectivity index (χ4n) is 4.01. The molecular weight excluding hydrogens is 306 g/mol. The quantitative estimate of drug-likeness (QED) is 0.680. The van der Waals surface area contributed by atoms with Crippen molar-refractivity contribution in [3.8, 4) is 0 Å². The molecule has 6 rings (SSSR count). The van der Waals surface area contributed by atoms with Crippen LogP contribution >= 0.6 is 0 Å². The van der Waals surface area contributed by atoms with Crippen LogP contribution < -0.4 is 11.1 Å². The van der Waals surface area contributed by atoms with E-state index in [1.165, 1.54) is 6.33 Å². The molecule has 0 saturated heterocycles. The Kier molecular flexibility index (Phi) is 2.45. The molecule has 3 saturated carbocycles. The summed E-state index contributed by atoms with van der Waals surface area (Å²) in [7, 11) is 0. The van der Waals surface area contributed by atoms with E-state index in [-0.39, 0.29) is 11.4 Å². The van der Waals surface area contributed by atoms with E-state index in [0.717, 1.165) is 36.5 Å². The summed E-state index contributed by atoms with van der Waals surface area (Å²) < 4.78 is 2.13. The molecule has 8 heteroatoms. The first kappa shape index (κ1) is 13.5. The predicted octanol–water partition coefficient (Wildman–Crippen LogP) is 1.81. The fraction of sp³-hybridized carbons (Fsp3) is 0.375. The van der Waals surface area contributed by atoms with Gasteiger partial charge in [-0.25, -0.2) is 9.97 Å². The van der Waals surface area contributed by atoms with Gasteiger partial charge in [-0.2, -0.15) is 5.10 Å². The monoisotopic (exact) mass is 323 g/mol. The SMILES string of the molecule is Cc1cc(NC(=O)c2cn(C34CC(C3)C4)c3ncnc(N)c23)n[nH]1. The van der Waals surface area contributed by atoms with Crippen molar-refractivity contribution in [2.24, 2.45) is 5.92 Å². The van der Waals surface area contributed by atoms with Crippen molar-refractivity contribution >= 4 is 28.6 Å². The smallest absolute Gasteiger partial charge is 0.259 e. The molecule has 8 nitrogen and oxygen atoms in total. The number of rotatable bonds is 3. The standard InChI is InChI=1S/C16H17N7O/c1-8-2-11(22-21-8)20-15(24)10-6-23(16-3-9(4-16)5-16)14-12(10)13(17)18-7-19-14/h2,6-7,9H,3-5H2,1H3,(H2,17,18,19)(H2,20,21,22,24). The first-order valence-electron chi connectivity index (χ1n) is 8.01. The molecule has 0 aliphatic heterocycles. The van der Waals surface area contributed by atoms with Crippen LogP contribution in [-0.4, -0.2) is 30.6 Å². The van der Waals surface area contributed by atoms with E-state index in [2.05, 4.69) is 30.0 Å². The van der Waals surface area contributed by atoms with Crippen LogP contribution in [-0.2, 0) is 5.54 Å². The Balaban J connectivity index is 1.61. The summed E-state index contributed by atoms with van der Waals surface area (Å²) in [5, 5.41) is 10.3. The first-order valence-corrected chi connectivity index (χ1v) is 8.01. The maximum absolute atomic E-state index is 12.8. The van der Waals surface area contributed by atoms with E-state index < -0.39 is 0 Å². The van der Waals surface area contributed by atoms with Gasteiger partial charge in [-0.3, -0.25) is 9.89 Å². The summed E-state index contributed by atoms with van der Waals surface area (Å²) >= 11 is 0. The third-order valence-electron chi connectivity index (χ3n) is 5.32. The third kappa shape index (κ3) is 1.68. The van der Waals surface area contributed by atoms with Crippen molar-refractivity contribution in [2.45, 2.75) is 31.7 Å². The molecule has 0 spiro atoms. The topological polar surface area (TPSA) is 115 Å². The van der Waals surface area contributed by atoms with Gasteiger partial charge in [0.2, 0.25) is 0 Å². The van der Waals surface area contributed by atoms with Crippen molar-refractivity contribution in [1.82, 2.24) is 24.7 Å². The number of anilines is 2. The lowest BCUT2D eigenvalue weighted by molar-refractivity contribution is -0.0859. The van der Waals surface area contributed by atoms with Crippen molar-refractivity contribution in [1.29, 1.82) is 0 Å². The zero-order valence-electron chi connectivity index (χ0n) is 13.2. The van der Waals surface area contributed by atoms with Gasteiger partial charge in [-0.1, -0.05) is 0 Å². The molecule has 3 aliphatic rings. The van der Waals surface area contributed by atoms with Gasteiger partial charge in [-0.15, -0.1) is 0 Å². The average molecular weight is 323 g/mol. The number of nitrogens with zero attached hydrogens (tertiary/aromatic N) is 4. The van der Waals surface area contributed by atoms with E-state index in [1.807, 2.05) is 13.1 Å². The van der Waals surface area contributed by atoms with Crippen LogP contribution in [0, 0.1) is 12.8 Å². The highest BCUT2D eigenvalue weighted by molar-refractivity contribution is 6.14. The van der Waals surface area contributed by atoms with Gasteiger partial charge in [0.15, 0.2) is 5.82 Å². The number of aromatic nitrogens is 5. The molecule has 122 valence electrons. The van der Waals surface area contributed by atoms with Gasteiger partial charge in [0.1, 0.15) is 17.8 Å². The Morgan fingerprint density at radius 2 is 2.21 bits per heavy atom. The summed E-state index contributed by atoms with van der Waals surface area (Å²) in [5.74, 6) is 1.39. The molecule has 0 radical (unpaired) electrons. The Labute approximate surface area is 137 Å². The van der Waals surface area contributed by atoms with E-state index in [0.29, 0.717) is 22.6 Å². The van der Waals surface area contributed by atoms with E-state index in [9.17, 15) is 4.79 Å². The Bertz CT molecular complexity index is 969. The maximum atomic E-state index is 12.8. The van der Waals surface area contributed by atoms with Gasteiger partial charge < -0.3 is 15.6 Å². The predicted molar refractivity (Wildman–Crippen MR) is 88.5 cm³/mol. The first-order chi connectivity index (χ1) is 11.6. The number of hydrogen-bond donors (Lipinski definition) is 3. The van der Waals surface area contributed by atoms with Gasteiger partial charge in [0.25, 0.3) is 5.91 Å². The minimum atomic E-state index is -0.252. The Hall–Kier alpha value is -2.90. The van der Waals surface area contributed by atoms with Crippen LogP contribution in [0.25, 0.3) is 11.0 Å². The van der Waals surface area contributed by atoms with Crippen LogP contribution in [0.5, 0.6) is 0 Å². The highest BCUT2D eigenvalue weighted by Crippen LogP contribution is 2.63. The number of amides is 1. The zero-order chi connectivity index (χ0) is 16.5. The molecule has 0 atom stereocenters. The molecule has 4 N–H and O–H groups in total. The normalized spacial score (nSPS) is 24.5. The summed E-state index contributed by atoms with van der Waals surface area (Å²) in [4.78, 5) is 21.2. The maximum Gasteiger partial charge on any atom is 0.259 e. The van der Waals surface area contributed by atoms with Crippen molar-refractivity contribution in [3.05, 3.63) is 29.8 Å². The second-order valence-electron chi connectivity index (χ2n) is 6.96. The van der Waals surface area contributed by atoms with Gasteiger partial charge in [0.05, 0.1) is 10.9 Å². The Morgan fingerprint density at radius 3 is 2.83 bits per heavy atom. The average Bonchev–Trinajstić information content (AvgIpc) is 3.01. The van der Waals surface area contributed by atoms with Crippen LogP contribution in [0.1, 0.15) is 35.3 Å². The molecule has 3 aromatic heterocycles. The van der Waals surface area contributed by atoms with Crippen LogP contribution in [0.2, 0.25) is 0 Å². The summed E-state index contributed by atoms with van der Waals surface area (Å²) in [6.45, 7) is 1.88. The number of nitrogens with two attached hydrogens (primary N) is 1. The second kappa shape index (κ2) is 4.34. The summed E-state index contributed by atoms with van der Waals surface area (Å²) in [6.07, 6.45) is 6.79. The lowest BCUT2D eigenvalue weighted by Crippen LogP contribution is -2.59. The number of nitrogens with one attached hydrogen (secondary N) is 2. The number of nitrogen functional groups attached to an aromatic ring is 1. The van der Waals surface area contributed by atoms with E-state index in [1.54, 1.807) is 6.07 Å². The number of carbonyl (C=O) groups excluding carboxylic acids is 1. The minimum absolute atomic E-state index is 0.116. The molecule has 1 amide bonds. The lowest BCUT2D eigenvalue weighted by Gasteiger charge is -2.62. The molecule has 3 fully saturated rings. The number of aromatic amines is 1. The van der Waals surface area contributed by atoms with E-state index >= 15 is 0 Å². The largest absolute Gasteiger partial charge is 0.383 e. The van der Waals surface area contributed by atoms with Gasteiger partial charge in [0, 0.05) is 23.5 Å². The third-order valence-corrected chi connectivity index (χ3v) is 5.32. The summed E-state index contributed by atoms with van der Waals surface area (Å²) in [6, 6.07) is 1.78. The number of aryl methyl sites for hydroxylation is 1. The van der Waals surface area contributed by atoms with Crippen molar-refractivity contribution < 1.29 is 4.79 Å². The van der Waals surface area contributed by atoms with Crippen molar-refractivity contribution in [3.63, 3.8) is 0 Å². The zero-order valence-corrected chi connectivity index (χ0v) is 13.2. The molecule has 3 aliphatic carbocycles. The molecule has 24 heavy (non-hydrogen) atoms. The van der Waals surface area contributed by atoms with Crippen molar-refractivity contribution in [2.75, 3.05) is 11.1 Å². The van der Waals surface area contributed by atoms with Crippen LogP contribution in [0.3, 0.4) is 0 Å².